The van der Waals surface area contributed by atoms with Gasteiger partial charge in [0.2, 0.25) is 11.8 Å². The van der Waals surface area contributed by atoms with Crippen LogP contribution in [0.25, 0.3) is 0 Å². The van der Waals surface area contributed by atoms with Crippen LogP contribution in [0.3, 0.4) is 0 Å². The van der Waals surface area contributed by atoms with E-state index in [1.54, 1.807) is 11.0 Å². The van der Waals surface area contributed by atoms with Crippen molar-refractivity contribution in [2.75, 3.05) is 59.0 Å². The molecule has 0 radical (unpaired) electrons. The van der Waals surface area contributed by atoms with Gasteiger partial charge in [-0.2, -0.15) is 0 Å². The number of aromatic nitrogens is 1. The van der Waals surface area contributed by atoms with Crippen LogP contribution in [0.1, 0.15) is 17.9 Å². The molecular weight excluding hydrogens is 324 g/mol. The first-order valence-corrected chi connectivity index (χ1v) is 8.89. The van der Waals surface area contributed by atoms with Gasteiger partial charge >= 0.3 is 0 Å². The van der Waals surface area contributed by atoms with Crippen molar-refractivity contribution < 1.29 is 18.8 Å². The lowest BCUT2D eigenvalue weighted by atomic mass is 10.2. The summed E-state index contributed by atoms with van der Waals surface area (Å²) in [6, 6.07) is 1.78. The van der Waals surface area contributed by atoms with Gasteiger partial charge in [0.15, 0.2) is 0 Å². The molecule has 3 rings (SSSR count). The molecule has 0 unspecified atom stereocenters. The van der Waals surface area contributed by atoms with Crippen LogP contribution in [0.5, 0.6) is 0 Å². The largest absolute Gasteiger partial charge is 0.379 e. The average Bonchev–Trinajstić information content (AvgIpc) is 3.05. The number of aryl methyl sites for hydroxylation is 1. The van der Waals surface area contributed by atoms with Gasteiger partial charge in [0.25, 0.3) is 0 Å². The second-order valence-electron chi connectivity index (χ2n) is 6.57. The number of nitrogens with zero attached hydrogens (tertiary/aromatic N) is 4. The molecule has 0 N–H and O–H groups in total. The van der Waals surface area contributed by atoms with Crippen molar-refractivity contribution in [1.82, 2.24) is 19.9 Å². The minimum atomic E-state index is 0.0358. The van der Waals surface area contributed by atoms with Crippen LogP contribution in [0.15, 0.2) is 10.6 Å². The number of hydrogen-bond acceptors (Lipinski definition) is 6. The third-order valence-electron chi connectivity index (χ3n) is 4.74. The van der Waals surface area contributed by atoms with Gasteiger partial charge in [-0.25, -0.2) is 0 Å². The van der Waals surface area contributed by atoms with Gasteiger partial charge in [0.1, 0.15) is 5.76 Å². The molecule has 2 saturated heterocycles. The maximum Gasteiger partial charge on any atom is 0.228 e. The van der Waals surface area contributed by atoms with E-state index in [1.165, 1.54) is 0 Å². The van der Waals surface area contributed by atoms with E-state index < -0.39 is 0 Å². The summed E-state index contributed by atoms with van der Waals surface area (Å²) in [5.74, 6) is 0.915. The number of carbonyl (C=O) groups excluding carboxylic acids is 2. The number of ether oxygens (including phenoxy) is 1. The van der Waals surface area contributed by atoms with E-state index >= 15 is 0 Å². The minimum absolute atomic E-state index is 0.0358. The van der Waals surface area contributed by atoms with Crippen LogP contribution in [-0.2, 0) is 20.7 Å². The van der Waals surface area contributed by atoms with Gasteiger partial charge in [-0.15, -0.1) is 0 Å². The molecule has 0 bridgehead atoms. The third kappa shape index (κ3) is 5.02. The fourth-order valence-corrected chi connectivity index (χ4v) is 3.21. The molecule has 2 fully saturated rings. The van der Waals surface area contributed by atoms with Crippen molar-refractivity contribution in [3.8, 4) is 0 Å². The summed E-state index contributed by atoms with van der Waals surface area (Å²) in [5, 5.41) is 3.86. The molecule has 1 aromatic heterocycles. The zero-order chi connectivity index (χ0) is 17.6. The van der Waals surface area contributed by atoms with E-state index in [4.69, 9.17) is 9.26 Å². The van der Waals surface area contributed by atoms with E-state index in [0.29, 0.717) is 44.1 Å². The van der Waals surface area contributed by atoms with Crippen LogP contribution >= 0.6 is 0 Å². The van der Waals surface area contributed by atoms with Crippen molar-refractivity contribution in [1.29, 1.82) is 0 Å². The normalized spacial score (nSPS) is 19.2. The SMILES string of the molecule is Cc1cc(CC(=O)N2CCN(C(=O)CCN3CCOCC3)CC2)no1. The molecule has 0 aliphatic carbocycles. The van der Waals surface area contributed by atoms with Crippen molar-refractivity contribution in [3.05, 3.63) is 17.5 Å². The summed E-state index contributed by atoms with van der Waals surface area (Å²) in [7, 11) is 0. The number of amides is 2. The summed E-state index contributed by atoms with van der Waals surface area (Å²) in [6.45, 7) is 8.26. The summed E-state index contributed by atoms with van der Waals surface area (Å²) >= 11 is 0. The minimum Gasteiger partial charge on any atom is -0.379 e. The molecular formula is C17H26N4O4. The van der Waals surface area contributed by atoms with E-state index in [-0.39, 0.29) is 18.2 Å². The van der Waals surface area contributed by atoms with Gasteiger partial charge in [-0.1, -0.05) is 5.16 Å². The highest BCUT2D eigenvalue weighted by Crippen LogP contribution is 2.09. The molecule has 138 valence electrons. The lowest BCUT2D eigenvalue weighted by molar-refractivity contribution is -0.139. The zero-order valence-corrected chi connectivity index (χ0v) is 14.8. The monoisotopic (exact) mass is 350 g/mol. The first-order chi connectivity index (χ1) is 12.1. The van der Waals surface area contributed by atoms with Crippen molar-refractivity contribution in [2.24, 2.45) is 0 Å². The molecule has 0 aromatic carbocycles. The van der Waals surface area contributed by atoms with Crippen LogP contribution in [0.2, 0.25) is 0 Å². The van der Waals surface area contributed by atoms with Gasteiger partial charge in [-0.05, 0) is 6.92 Å². The lowest BCUT2D eigenvalue weighted by Crippen LogP contribution is -2.51. The molecule has 25 heavy (non-hydrogen) atoms. The van der Waals surface area contributed by atoms with Gasteiger partial charge in [0, 0.05) is 58.3 Å². The Bertz CT molecular complexity index is 589. The Balaban J connectivity index is 1.38. The third-order valence-corrected chi connectivity index (χ3v) is 4.74. The van der Waals surface area contributed by atoms with Crippen LogP contribution in [-0.4, -0.2) is 90.7 Å². The zero-order valence-electron chi connectivity index (χ0n) is 14.8. The predicted molar refractivity (Wildman–Crippen MR) is 90.0 cm³/mol. The van der Waals surface area contributed by atoms with Crippen LogP contribution in [0, 0.1) is 6.92 Å². The Morgan fingerprint density at radius 1 is 1.04 bits per heavy atom. The van der Waals surface area contributed by atoms with Crippen molar-refractivity contribution in [2.45, 2.75) is 19.8 Å². The summed E-state index contributed by atoms with van der Waals surface area (Å²) in [5.41, 5.74) is 0.659. The molecule has 2 aliphatic rings. The van der Waals surface area contributed by atoms with E-state index in [0.717, 1.165) is 32.8 Å². The fourth-order valence-electron chi connectivity index (χ4n) is 3.21. The van der Waals surface area contributed by atoms with Crippen molar-refractivity contribution >= 4 is 11.8 Å². The second kappa shape index (κ2) is 8.44. The maximum absolute atomic E-state index is 12.4. The molecule has 0 spiro atoms. The fraction of sp³-hybridized carbons (Fsp3) is 0.706. The molecule has 8 heteroatoms. The van der Waals surface area contributed by atoms with Gasteiger partial charge in [-0.3, -0.25) is 14.5 Å². The Morgan fingerprint density at radius 2 is 1.68 bits per heavy atom. The standard InChI is InChI=1S/C17H26N4O4/c1-14-12-15(18-25-14)13-17(23)21-6-4-20(5-7-21)16(22)2-3-19-8-10-24-11-9-19/h12H,2-11,13H2,1H3. The quantitative estimate of drug-likeness (QED) is 0.739. The Morgan fingerprint density at radius 3 is 2.28 bits per heavy atom. The van der Waals surface area contributed by atoms with E-state index in [9.17, 15) is 9.59 Å². The smallest absolute Gasteiger partial charge is 0.228 e. The second-order valence-corrected chi connectivity index (χ2v) is 6.57. The van der Waals surface area contributed by atoms with Gasteiger partial charge < -0.3 is 19.1 Å². The van der Waals surface area contributed by atoms with E-state index in [1.807, 2.05) is 11.8 Å². The summed E-state index contributed by atoms with van der Waals surface area (Å²) < 4.78 is 10.3. The number of rotatable bonds is 5. The lowest BCUT2D eigenvalue weighted by Gasteiger charge is -2.35. The highest BCUT2D eigenvalue weighted by molar-refractivity contribution is 5.79. The number of hydrogen-bond donors (Lipinski definition) is 0. The number of morpholine rings is 1. The van der Waals surface area contributed by atoms with Crippen molar-refractivity contribution in [3.63, 3.8) is 0 Å². The first-order valence-electron chi connectivity index (χ1n) is 8.89. The Labute approximate surface area is 147 Å². The Hall–Kier alpha value is -1.93. The molecule has 0 saturated carbocycles. The summed E-state index contributed by atoms with van der Waals surface area (Å²) in [4.78, 5) is 30.6. The molecule has 2 aliphatic heterocycles. The van der Waals surface area contributed by atoms with E-state index in [2.05, 4.69) is 10.1 Å². The van der Waals surface area contributed by atoms with Gasteiger partial charge in [0.05, 0.1) is 25.3 Å². The molecule has 2 amide bonds. The van der Waals surface area contributed by atoms with Crippen LogP contribution in [0.4, 0.5) is 0 Å². The number of piperazine rings is 1. The molecule has 0 atom stereocenters. The highest BCUT2D eigenvalue weighted by Gasteiger charge is 2.25. The molecule has 3 heterocycles. The predicted octanol–water partition coefficient (Wildman–Crippen LogP) is -0.0814. The van der Waals surface area contributed by atoms with Crippen LogP contribution < -0.4 is 0 Å². The Kier molecular flexibility index (Phi) is 6.04. The topological polar surface area (TPSA) is 79.1 Å². The molecule has 8 nitrogen and oxygen atoms in total. The first kappa shape index (κ1) is 17.9. The number of carbonyl (C=O) groups is 2. The maximum atomic E-state index is 12.4. The highest BCUT2D eigenvalue weighted by atomic mass is 16.5. The average molecular weight is 350 g/mol. The summed E-state index contributed by atoms with van der Waals surface area (Å²) in [6.07, 6.45) is 0.786. The molecule has 1 aromatic rings.